The first-order valence-electron chi connectivity index (χ1n) is 6.66. The molecule has 0 aliphatic rings. The van der Waals surface area contributed by atoms with E-state index >= 15 is 0 Å². The van der Waals surface area contributed by atoms with Gasteiger partial charge in [0, 0.05) is 30.0 Å². The Bertz CT molecular complexity index is 579. The summed E-state index contributed by atoms with van der Waals surface area (Å²) in [6.07, 6.45) is 0. The summed E-state index contributed by atoms with van der Waals surface area (Å²) in [5, 5.41) is 6.06. The van der Waals surface area contributed by atoms with Crippen LogP contribution in [0.1, 0.15) is 22.8 Å². The highest BCUT2D eigenvalue weighted by molar-refractivity contribution is 5.94. The van der Waals surface area contributed by atoms with Gasteiger partial charge in [-0.05, 0) is 42.8 Å². The number of nitrogens with one attached hydrogen (secondary N) is 2. The average Bonchev–Trinajstić information content (AvgIpc) is 2.47. The fraction of sp³-hybridized carbons (Fsp3) is 0.188. The Morgan fingerprint density at radius 2 is 1.80 bits per heavy atom. The number of nitrogen functional groups attached to an aromatic ring is 1. The second-order valence-corrected chi connectivity index (χ2v) is 4.49. The zero-order chi connectivity index (χ0) is 14.4. The number of rotatable bonds is 5. The van der Waals surface area contributed by atoms with Crippen molar-refractivity contribution in [2.75, 3.05) is 17.6 Å². The zero-order valence-electron chi connectivity index (χ0n) is 11.5. The summed E-state index contributed by atoms with van der Waals surface area (Å²) >= 11 is 0. The van der Waals surface area contributed by atoms with Crippen LogP contribution in [0, 0.1) is 0 Å². The van der Waals surface area contributed by atoms with Crippen LogP contribution in [-0.2, 0) is 6.54 Å². The van der Waals surface area contributed by atoms with Gasteiger partial charge in [-0.1, -0.05) is 18.2 Å². The number of amides is 1. The molecular weight excluding hydrogens is 250 g/mol. The van der Waals surface area contributed by atoms with Crippen LogP contribution in [0.5, 0.6) is 0 Å². The Hall–Kier alpha value is -2.49. The molecule has 0 fully saturated rings. The highest BCUT2D eigenvalue weighted by Gasteiger charge is 2.03. The Kier molecular flexibility index (Phi) is 4.60. The number of nitrogens with two attached hydrogens (primary N) is 1. The smallest absolute Gasteiger partial charge is 0.251 e. The molecule has 0 radical (unpaired) electrons. The van der Waals surface area contributed by atoms with Gasteiger partial charge >= 0.3 is 0 Å². The van der Waals surface area contributed by atoms with Crippen LogP contribution in [0.4, 0.5) is 11.4 Å². The summed E-state index contributed by atoms with van der Waals surface area (Å²) in [4.78, 5) is 11.6. The minimum absolute atomic E-state index is 0.0497. The van der Waals surface area contributed by atoms with Gasteiger partial charge in [-0.2, -0.15) is 0 Å². The maximum atomic E-state index is 11.6. The lowest BCUT2D eigenvalue weighted by Crippen LogP contribution is -2.22. The van der Waals surface area contributed by atoms with Gasteiger partial charge in [-0.25, -0.2) is 0 Å². The first-order valence-corrected chi connectivity index (χ1v) is 6.66. The maximum Gasteiger partial charge on any atom is 0.251 e. The second-order valence-electron chi connectivity index (χ2n) is 4.49. The molecule has 0 atom stereocenters. The molecule has 2 aromatic carbocycles. The summed E-state index contributed by atoms with van der Waals surface area (Å²) in [6, 6.07) is 15.2. The predicted octanol–water partition coefficient (Wildman–Crippen LogP) is 2.63. The number of anilines is 2. The van der Waals surface area contributed by atoms with E-state index in [1.807, 2.05) is 55.5 Å². The summed E-state index contributed by atoms with van der Waals surface area (Å²) in [7, 11) is 0. The first-order chi connectivity index (χ1) is 9.70. The maximum absolute atomic E-state index is 11.6. The normalized spacial score (nSPS) is 10.1. The molecule has 0 unspecified atom stereocenters. The van der Waals surface area contributed by atoms with Gasteiger partial charge in [0.25, 0.3) is 5.91 Å². The standard InChI is InChI=1S/C16H19N3O/c1-2-18-16(20)12-7-9-14(10-8-12)19-11-13-5-3-4-6-15(13)17/h3-10,19H,2,11,17H2,1H3,(H,18,20). The van der Waals surface area contributed by atoms with Gasteiger partial charge in [-0.3, -0.25) is 4.79 Å². The Balaban J connectivity index is 1.98. The van der Waals surface area contributed by atoms with Gasteiger partial charge in [0.1, 0.15) is 0 Å². The molecule has 4 heteroatoms. The van der Waals surface area contributed by atoms with Gasteiger partial charge in [0.2, 0.25) is 0 Å². The second kappa shape index (κ2) is 6.61. The van der Waals surface area contributed by atoms with Crippen LogP contribution in [0.25, 0.3) is 0 Å². The van der Waals surface area contributed by atoms with E-state index in [-0.39, 0.29) is 5.91 Å². The molecule has 4 nitrogen and oxygen atoms in total. The van der Waals surface area contributed by atoms with Crippen LogP contribution in [0.3, 0.4) is 0 Å². The van der Waals surface area contributed by atoms with Crippen molar-refractivity contribution in [2.45, 2.75) is 13.5 Å². The quantitative estimate of drug-likeness (QED) is 0.731. The minimum atomic E-state index is -0.0497. The van der Waals surface area contributed by atoms with E-state index in [1.165, 1.54) is 0 Å². The lowest BCUT2D eigenvalue weighted by Gasteiger charge is -2.09. The molecule has 0 bridgehead atoms. The summed E-state index contributed by atoms with van der Waals surface area (Å²) in [6.45, 7) is 3.19. The van der Waals surface area contributed by atoms with Crippen molar-refractivity contribution >= 4 is 17.3 Å². The van der Waals surface area contributed by atoms with E-state index in [2.05, 4.69) is 10.6 Å². The lowest BCUT2D eigenvalue weighted by atomic mass is 10.1. The van der Waals surface area contributed by atoms with Crippen LogP contribution in [0.15, 0.2) is 48.5 Å². The topological polar surface area (TPSA) is 67.2 Å². The zero-order valence-corrected chi connectivity index (χ0v) is 11.5. The van der Waals surface area contributed by atoms with Gasteiger partial charge in [0.05, 0.1) is 0 Å². The molecule has 0 heterocycles. The molecule has 0 spiro atoms. The van der Waals surface area contributed by atoms with Gasteiger partial charge in [0.15, 0.2) is 0 Å². The predicted molar refractivity (Wildman–Crippen MR) is 82.6 cm³/mol. The molecule has 1 amide bonds. The number of hydrogen-bond acceptors (Lipinski definition) is 3. The van der Waals surface area contributed by atoms with E-state index in [9.17, 15) is 4.79 Å². The summed E-state index contributed by atoms with van der Waals surface area (Å²) in [5.41, 5.74) is 9.34. The molecule has 0 saturated carbocycles. The molecule has 2 aromatic rings. The molecule has 2 rings (SSSR count). The van der Waals surface area contributed by atoms with E-state index in [0.29, 0.717) is 18.7 Å². The van der Waals surface area contributed by atoms with Crippen LogP contribution in [0.2, 0.25) is 0 Å². The summed E-state index contributed by atoms with van der Waals surface area (Å²) in [5.74, 6) is -0.0497. The summed E-state index contributed by atoms with van der Waals surface area (Å²) < 4.78 is 0. The molecule has 20 heavy (non-hydrogen) atoms. The van der Waals surface area contributed by atoms with Crippen LogP contribution < -0.4 is 16.4 Å². The molecule has 104 valence electrons. The Morgan fingerprint density at radius 1 is 1.10 bits per heavy atom. The number of hydrogen-bond donors (Lipinski definition) is 3. The third-order valence-corrected chi connectivity index (χ3v) is 3.02. The average molecular weight is 269 g/mol. The molecule has 0 aromatic heterocycles. The SMILES string of the molecule is CCNC(=O)c1ccc(NCc2ccccc2N)cc1. The van der Waals surface area contributed by atoms with E-state index in [4.69, 9.17) is 5.73 Å². The Morgan fingerprint density at radius 3 is 2.45 bits per heavy atom. The number of carbonyl (C=O) groups excluding carboxylic acids is 1. The minimum Gasteiger partial charge on any atom is -0.398 e. The fourth-order valence-electron chi connectivity index (χ4n) is 1.89. The largest absolute Gasteiger partial charge is 0.398 e. The van der Waals surface area contributed by atoms with Crippen molar-refractivity contribution in [3.05, 3.63) is 59.7 Å². The number of carbonyl (C=O) groups is 1. The lowest BCUT2D eigenvalue weighted by molar-refractivity contribution is 0.0956. The van der Waals surface area contributed by atoms with E-state index in [0.717, 1.165) is 16.9 Å². The fourth-order valence-corrected chi connectivity index (χ4v) is 1.89. The van der Waals surface area contributed by atoms with Crippen LogP contribution in [-0.4, -0.2) is 12.5 Å². The van der Waals surface area contributed by atoms with E-state index in [1.54, 1.807) is 0 Å². The monoisotopic (exact) mass is 269 g/mol. The van der Waals surface area contributed by atoms with E-state index < -0.39 is 0 Å². The third kappa shape index (κ3) is 3.51. The van der Waals surface area contributed by atoms with Crippen molar-refractivity contribution in [1.82, 2.24) is 5.32 Å². The van der Waals surface area contributed by atoms with Gasteiger partial charge < -0.3 is 16.4 Å². The number of para-hydroxylation sites is 1. The van der Waals surface area contributed by atoms with Crippen molar-refractivity contribution in [3.8, 4) is 0 Å². The highest BCUT2D eigenvalue weighted by atomic mass is 16.1. The molecule has 0 aliphatic carbocycles. The van der Waals surface area contributed by atoms with Crippen LogP contribution >= 0.6 is 0 Å². The van der Waals surface area contributed by atoms with Crippen molar-refractivity contribution < 1.29 is 4.79 Å². The highest BCUT2D eigenvalue weighted by Crippen LogP contribution is 2.14. The van der Waals surface area contributed by atoms with Gasteiger partial charge in [-0.15, -0.1) is 0 Å². The third-order valence-electron chi connectivity index (χ3n) is 3.02. The van der Waals surface area contributed by atoms with Crippen molar-refractivity contribution in [3.63, 3.8) is 0 Å². The molecule has 0 saturated heterocycles. The molecule has 4 N–H and O–H groups in total. The molecular formula is C16H19N3O. The number of benzene rings is 2. The Labute approximate surface area is 119 Å². The first kappa shape index (κ1) is 13.9. The van der Waals surface area contributed by atoms with Crippen molar-refractivity contribution in [2.24, 2.45) is 0 Å². The van der Waals surface area contributed by atoms with Crippen molar-refractivity contribution in [1.29, 1.82) is 0 Å². The molecule has 0 aliphatic heterocycles.